The molecule has 3 aromatic rings. The highest BCUT2D eigenvalue weighted by atomic mass is 32.1. The second kappa shape index (κ2) is 7.53. The number of nitrogens with one attached hydrogen (secondary N) is 2. The fraction of sp³-hybridized carbons (Fsp3) is 0.211. The number of benzene rings is 1. The van der Waals surface area contributed by atoms with E-state index in [0.29, 0.717) is 18.1 Å². The molecule has 0 bridgehead atoms. The molecule has 0 saturated carbocycles. The van der Waals surface area contributed by atoms with E-state index < -0.39 is 11.8 Å². The molecule has 0 spiro atoms. The second-order valence-corrected chi connectivity index (χ2v) is 7.26. The highest BCUT2D eigenvalue weighted by molar-refractivity contribution is 7.11. The molecule has 134 valence electrons. The third-order valence-electron chi connectivity index (χ3n) is 3.82. The van der Waals surface area contributed by atoms with E-state index in [1.165, 1.54) is 0 Å². The molecular weight excluding hydrogens is 350 g/mol. The molecule has 2 heterocycles. The highest BCUT2D eigenvalue weighted by Crippen LogP contribution is 2.24. The summed E-state index contributed by atoms with van der Waals surface area (Å²) >= 11 is 1.58. The number of rotatable bonds is 4. The van der Waals surface area contributed by atoms with Crippen LogP contribution in [0.25, 0.3) is 11.5 Å². The molecule has 0 saturated heterocycles. The molecule has 0 radical (unpaired) electrons. The zero-order chi connectivity index (χ0) is 18.7. The standard InChI is InChI=1S/C19H19N3O3S/c1-11-7-8-16(26-11)10-20-17(23)18(24)22-15-6-4-5-14(9-15)19-21-12(2)13(3)25-19/h4-9H,10H2,1-3H3,(H,20,23)(H,22,24). The van der Waals surface area contributed by atoms with Gasteiger partial charge in [-0.3, -0.25) is 9.59 Å². The monoisotopic (exact) mass is 369 g/mol. The van der Waals surface area contributed by atoms with Crippen molar-refractivity contribution in [2.45, 2.75) is 27.3 Å². The molecule has 6 nitrogen and oxygen atoms in total. The van der Waals surface area contributed by atoms with Gasteiger partial charge in [0.25, 0.3) is 0 Å². The van der Waals surface area contributed by atoms with Gasteiger partial charge in [0.1, 0.15) is 5.76 Å². The van der Waals surface area contributed by atoms with Crippen molar-refractivity contribution in [3.63, 3.8) is 0 Å². The Kier molecular flexibility index (Phi) is 5.18. The van der Waals surface area contributed by atoms with Crippen molar-refractivity contribution >= 4 is 28.8 Å². The fourth-order valence-corrected chi connectivity index (χ4v) is 3.17. The highest BCUT2D eigenvalue weighted by Gasteiger charge is 2.15. The lowest BCUT2D eigenvalue weighted by molar-refractivity contribution is -0.136. The summed E-state index contributed by atoms with van der Waals surface area (Å²) in [6, 6.07) is 10.9. The third-order valence-corrected chi connectivity index (χ3v) is 4.82. The van der Waals surface area contributed by atoms with Crippen LogP contribution in [0.4, 0.5) is 5.69 Å². The quantitative estimate of drug-likeness (QED) is 0.689. The van der Waals surface area contributed by atoms with Gasteiger partial charge in [-0.2, -0.15) is 0 Å². The Bertz CT molecular complexity index is 939. The number of amides is 2. The topological polar surface area (TPSA) is 84.2 Å². The summed E-state index contributed by atoms with van der Waals surface area (Å²) in [6.45, 7) is 6.04. The Morgan fingerprint density at radius 1 is 1.12 bits per heavy atom. The lowest BCUT2D eigenvalue weighted by atomic mass is 10.2. The molecule has 26 heavy (non-hydrogen) atoms. The minimum atomic E-state index is -0.713. The number of nitrogens with zero attached hydrogens (tertiary/aromatic N) is 1. The van der Waals surface area contributed by atoms with Crippen LogP contribution in [-0.4, -0.2) is 16.8 Å². The smallest absolute Gasteiger partial charge is 0.313 e. The summed E-state index contributed by atoms with van der Waals surface area (Å²) in [4.78, 5) is 30.6. The van der Waals surface area contributed by atoms with E-state index >= 15 is 0 Å². The number of hydrogen-bond acceptors (Lipinski definition) is 5. The summed E-state index contributed by atoms with van der Waals surface area (Å²) in [6.07, 6.45) is 0. The number of thiophene rings is 1. The van der Waals surface area contributed by atoms with E-state index in [-0.39, 0.29) is 0 Å². The van der Waals surface area contributed by atoms with Crippen molar-refractivity contribution in [1.82, 2.24) is 10.3 Å². The summed E-state index contributed by atoms with van der Waals surface area (Å²) in [7, 11) is 0. The number of aromatic nitrogens is 1. The number of anilines is 1. The van der Waals surface area contributed by atoms with Gasteiger partial charge in [0.15, 0.2) is 0 Å². The molecule has 2 N–H and O–H groups in total. The van der Waals surface area contributed by atoms with E-state index in [1.54, 1.807) is 29.5 Å². The lowest BCUT2D eigenvalue weighted by Gasteiger charge is -2.06. The van der Waals surface area contributed by atoms with E-state index in [4.69, 9.17) is 4.42 Å². The predicted octanol–water partition coefficient (Wildman–Crippen LogP) is 3.58. The SMILES string of the molecule is Cc1ccc(CNC(=O)C(=O)Nc2cccc(-c3nc(C)c(C)o3)c2)s1. The molecule has 2 amide bonds. The molecule has 1 aromatic carbocycles. The average molecular weight is 369 g/mol. The molecule has 0 aliphatic heterocycles. The Hall–Kier alpha value is -2.93. The van der Waals surface area contributed by atoms with Crippen LogP contribution in [0, 0.1) is 20.8 Å². The summed E-state index contributed by atoms with van der Waals surface area (Å²) < 4.78 is 5.60. The second-order valence-electron chi connectivity index (χ2n) is 5.89. The summed E-state index contributed by atoms with van der Waals surface area (Å²) in [5.41, 5.74) is 2.05. The first-order chi connectivity index (χ1) is 12.4. The first kappa shape index (κ1) is 17.9. The molecule has 7 heteroatoms. The van der Waals surface area contributed by atoms with Crippen LogP contribution in [0.15, 0.2) is 40.8 Å². The van der Waals surface area contributed by atoms with Gasteiger partial charge in [-0.1, -0.05) is 6.07 Å². The van der Waals surface area contributed by atoms with Crippen LogP contribution in [0.2, 0.25) is 0 Å². The lowest BCUT2D eigenvalue weighted by Crippen LogP contribution is -2.34. The van der Waals surface area contributed by atoms with Crippen LogP contribution in [-0.2, 0) is 16.1 Å². The van der Waals surface area contributed by atoms with Crippen molar-refractivity contribution < 1.29 is 14.0 Å². The van der Waals surface area contributed by atoms with Crippen molar-refractivity contribution in [2.75, 3.05) is 5.32 Å². The van der Waals surface area contributed by atoms with Crippen LogP contribution >= 0.6 is 11.3 Å². The number of aryl methyl sites for hydroxylation is 3. The average Bonchev–Trinajstić information content (AvgIpc) is 3.18. The normalized spacial score (nSPS) is 10.6. The van der Waals surface area contributed by atoms with Gasteiger partial charge in [-0.25, -0.2) is 4.98 Å². The number of carbonyl (C=O) groups is 2. The fourth-order valence-electron chi connectivity index (χ4n) is 2.34. The third kappa shape index (κ3) is 4.18. The maximum Gasteiger partial charge on any atom is 0.313 e. The maximum atomic E-state index is 12.1. The van der Waals surface area contributed by atoms with Crippen LogP contribution in [0.1, 0.15) is 21.2 Å². The number of carbonyl (C=O) groups excluding carboxylic acids is 2. The van der Waals surface area contributed by atoms with E-state index in [2.05, 4.69) is 15.6 Å². The summed E-state index contributed by atoms with van der Waals surface area (Å²) in [5.74, 6) is -0.161. The Morgan fingerprint density at radius 2 is 1.92 bits per heavy atom. The molecular formula is C19H19N3O3S. The van der Waals surface area contributed by atoms with Gasteiger partial charge in [0.05, 0.1) is 12.2 Å². The van der Waals surface area contributed by atoms with Gasteiger partial charge in [0.2, 0.25) is 5.89 Å². The Morgan fingerprint density at radius 3 is 2.58 bits per heavy atom. The first-order valence-corrected chi connectivity index (χ1v) is 8.93. The molecule has 0 aliphatic carbocycles. The van der Waals surface area contributed by atoms with Crippen molar-refractivity contribution in [1.29, 1.82) is 0 Å². The number of hydrogen-bond donors (Lipinski definition) is 2. The molecule has 3 rings (SSSR count). The first-order valence-electron chi connectivity index (χ1n) is 8.11. The van der Waals surface area contributed by atoms with E-state index in [0.717, 1.165) is 26.8 Å². The Labute approximate surface area is 155 Å². The predicted molar refractivity (Wildman–Crippen MR) is 101 cm³/mol. The molecule has 0 atom stereocenters. The largest absolute Gasteiger partial charge is 0.441 e. The van der Waals surface area contributed by atoms with Gasteiger partial charge in [-0.15, -0.1) is 11.3 Å². The Balaban J connectivity index is 1.63. The molecule has 2 aromatic heterocycles. The van der Waals surface area contributed by atoms with Crippen LogP contribution in [0.5, 0.6) is 0 Å². The van der Waals surface area contributed by atoms with Crippen LogP contribution < -0.4 is 10.6 Å². The van der Waals surface area contributed by atoms with Gasteiger partial charge in [-0.05, 0) is 51.1 Å². The van der Waals surface area contributed by atoms with Gasteiger partial charge in [0, 0.05) is 21.0 Å². The number of oxazole rings is 1. The molecule has 0 unspecified atom stereocenters. The van der Waals surface area contributed by atoms with Crippen molar-refractivity contribution in [3.8, 4) is 11.5 Å². The van der Waals surface area contributed by atoms with Gasteiger partial charge >= 0.3 is 11.8 Å². The molecule has 0 fully saturated rings. The maximum absolute atomic E-state index is 12.1. The minimum absolute atomic E-state index is 0.333. The van der Waals surface area contributed by atoms with Crippen molar-refractivity contribution in [2.24, 2.45) is 0 Å². The van der Waals surface area contributed by atoms with Crippen molar-refractivity contribution in [3.05, 3.63) is 57.6 Å². The zero-order valence-corrected chi connectivity index (χ0v) is 15.6. The van der Waals surface area contributed by atoms with Gasteiger partial charge < -0.3 is 15.1 Å². The van der Waals surface area contributed by atoms with E-state index in [1.807, 2.05) is 39.0 Å². The summed E-state index contributed by atoms with van der Waals surface area (Å²) in [5, 5.41) is 5.22. The van der Waals surface area contributed by atoms with E-state index in [9.17, 15) is 9.59 Å². The minimum Gasteiger partial charge on any atom is -0.441 e. The van der Waals surface area contributed by atoms with Crippen LogP contribution in [0.3, 0.4) is 0 Å². The zero-order valence-electron chi connectivity index (χ0n) is 14.8. The molecule has 0 aliphatic rings.